The maximum Gasteiger partial charge on any atom is 0.253 e. The minimum Gasteiger partial charge on any atom is -0.352 e. The molecular formula is C19H19NOS. The van der Waals surface area contributed by atoms with Crippen LogP contribution in [0.25, 0.3) is 20.5 Å². The van der Waals surface area contributed by atoms with Crippen molar-refractivity contribution < 1.29 is 4.79 Å². The summed E-state index contributed by atoms with van der Waals surface area (Å²) in [4.78, 5) is 13.7. The predicted molar refractivity (Wildman–Crippen MR) is 94.5 cm³/mol. The van der Waals surface area contributed by atoms with Crippen LogP contribution >= 0.6 is 11.3 Å². The third kappa shape index (κ3) is 2.90. The van der Waals surface area contributed by atoms with E-state index in [1.165, 1.54) is 0 Å². The molecule has 0 spiro atoms. The number of nitrogens with one attached hydrogen (secondary N) is 1. The second kappa shape index (κ2) is 6.75. The second-order valence-corrected chi connectivity index (χ2v) is 6.33. The van der Waals surface area contributed by atoms with Gasteiger partial charge >= 0.3 is 0 Å². The Morgan fingerprint density at radius 3 is 2.55 bits per heavy atom. The Bertz CT molecular complexity index is 776. The number of hydrogen-bond donors (Lipinski definition) is 1. The Balaban J connectivity index is 2.07. The van der Waals surface area contributed by atoms with E-state index in [2.05, 4.69) is 30.4 Å². The standard InChI is InChI=1S/C19H19NOS/c1-2-3-13-20-19(21)17-15-11-7-8-12-16(15)22-18(17)14-9-5-4-6-10-14/h4-12H,2-3,13H2,1H3,(H,20,21). The van der Waals surface area contributed by atoms with Gasteiger partial charge in [-0.05, 0) is 18.1 Å². The van der Waals surface area contributed by atoms with Crippen LogP contribution in [0.4, 0.5) is 0 Å². The molecule has 1 N–H and O–H groups in total. The van der Waals surface area contributed by atoms with Crippen LogP contribution in [0.3, 0.4) is 0 Å². The van der Waals surface area contributed by atoms with Crippen LogP contribution in [0.1, 0.15) is 30.1 Å². The van der Waals surface area contributed by atoms with Gasteiger partial charge in [0.1, 0.15) is 0 Å². The molecule has 112 valence electrons. The van der Waals surface area contributed by atoms with Crippen LogP contribution in [0.5, 0.6) is 0 Å². The zero-order valence-corrected chi connectivity index (χ0v) is 13.5. The molecule has 22 heavy (non-hydrogen) atoms. The Morgan fingerprint density at radius 2 is 1.77 bits per heavy atom. The molecule has 0 saturated heterocycles. The van der Waals surface area contributed by atoms with Gasteiger partial charge in [0, 0.05) is 21.5 Å². The van der Waals surface area contributed by atoms with E-state index in [1.807, 2.05) is 36.4 Å². The van der Waals surface area contributed by atoms with E-state index in [-0.39, 0.29) is 5.91 Å². The van der Waals surface area contributed by atoms with E-state index >= 15 is 0 Å². The van der Waals surface area contributed by atoms with Gasteiger partial charge in [0.25, 0.3) is 5.91 Å². The van der Waals surface area contributed by atoms with Crippen molar-refractivity contribution >= 4 is 27.3 Å². The molecule has 0 fully saturated rings. The molecule has 3 rings (SSSR count). The summed E-state index contributed by atoms with van der Waals surface area (Å²) in [6.07, 6.45) is 2.09. The molecule has 0 bridgehead atoms. The Labute approximate surface area is 134 Å². The smallest absolute Gasteiger partial charge is 0.253 e. The van der Waals surface area contributed by atoms with E-state index < -0.39 is 0 Å². The first kappa shape index (κ1) is 14.8. The summed E-state index contributed by atoms with van der Waals surface area (Å²) in [7, 11) is 0. The molecule has 0 saturated carbocycles. The highest BCUT2D eigenvalue weighted by atomic mass is 32.1. The second-order valence-electron chi connectivity index (χ2n) is 5.28. The average Bonchev–Trinajstić information content (AvgIpc) is 2.95. The zero-order valence-electron chi connectivity index (χ0n) is 12.6. The Kier molecular flexibility index (Phi) is 4.54. The quantitative estimate of drug-likeness (QED) is 0.653. The van der Waals surface area contributed by atoms with Crippen molar-refractivity contribution in [3.8, 4) is 10.4 Å². The highest BCUT2D eigenvalue weighted by molar-refractivity contribution is 7.22. The summed E-state index contributed by atoms with van der Waals surface area (Å²) in [5.41, 5.74) is 1.91. The maximum absolute atomic E-state index is 12.7. The molecule has 0 aliphatic heterocycles. The highest BCUT2D eigenvalue weighted by Gasteiger charge is 2.19. The summed E-state index contributed by atoms with van der Waals surface area (Å²) in [5, 5.41) is 4.10. The third-order valence-electron chi connectivity index (χ3n) is 3.67. The van der Waals surface area contributed by atoms with Crippen molar-refractivity contribution in [1.29, 1.82) is 0 Å². The number of thiophene rings is 1. The van der Waals surface area contributed by atoms with Crippen LogP contribution in [0, 0.1) is 0 Å². The lowest BCUT2D eigenvalue weighted by Crippen LogP contribution is -2.24. The molecule has 1 amide bonds. The fraction of sp³-hybridized carbons (Fsp3) is 0.211. The highest BCUT2D eigenvalue weighted by Crippen LogP contribution is 2.38. The number of benzene rings is 2. The average molecular weight is 309 g/mol. The molecule has 0 aliphatic carbocycles. The molecule has 1 aromatic heterocycles. The number of carbonyl (C=O) groups is 1. The monoisotopic (exact) mass is 309 g/mol. The van der Waals surface area contributed by atoms with E-state index in [4.69, 9.17) is 0 Å². The number of amides is 1. The molecule has 0 unspecified atom stereocenters. The molecule has 0 atom stereocenters. The van der Waals surface area contributed by atoms with Gasteiger partial charge in [-0.3, -0.25) is 4.79 Å². The van der Waals surface area contributed by atoms with Crippen molar-refractivity contribution in [3.05, 3.63) is 60.2 Å². The van der Waals surface area contributed by atoms with Gasteiger partial charge < -0.3 is 5.32 Å². The molecule has 0 radical (unpaired) electrons. The minimum atomic E-state index is 0.0322. The number of rotatable bonds is 5. The Morgan fingerprint density at radius 1 is 1.05 bits per heavy atom. The Hall–Kier alpha value is -2.13. The summed E-state index contributed by atoms with van der Waals surface area (Å²) in [6.45, 7) is 2.86. The van der Waals surface area contributed by atoms with Gasteiger partial charge in [-0.1, -0.05) is 61.9 Å². The van der Waals surface area contributed by atoms with Gasteiger partial charge in [-0.25, -0.2) is 0 Å². The first-order valence-electron chi connectivity index (χ1n) is 7.66. The summed E-state index contributed by atoms with van der Waals surface area (Å²) < 4.78 is 1.15. The van der Waals surface area contributed by atoms with E-state index in [0.717, 1.165) is 45.5 Å². The topological polar surface area (TPSA) is 29.1 Å². The van der Waals surface area contributed by atoms with E-state index in [9.17, 15) is 4.79 Å². The first-order valence-corrected chi connectivity index (χ1v) is 8.48. The van der Waals surface area contributed by atoms with Gasteiger partial charge in [-0.15, -0.1) is 11.3 Å². The van der Waals surface area contributed by atoms with Crippen molar-refractivity contribution in [2.75, 3.05) is 6.54 Å². The lowest BCUT2D eigenvalue weighted by molar-refractivity contribution is 0.0956. The maximum atomic E-state index is 12.7. The molecule has 1 heterocycles. The summed E-state index contributed by atoms with van der Waals surface area (Å²) in [6, 6.07) is 18.3. The van der Waals surface area contributed by atoms with Crippen LogP contribution < -0.4 is 5.32 Å². The lowest BCUT2D eigenvalue weighted by atomic mass is 10.1. The third-order valence-corrected chi connectivity index (χ3v) is 4.89. The lowest BCUT2D eigenvalue weighted by Gasteiger charge is -2.06. The fourth-order valence-corrected chi connectivity index (χ4v) is 3.74. The number of carbonyl (C=O) groups excluding carboxylic acids is 1. The van der Waals surface area contributed by atoms with Crippen LogP contribution in [0.15, 0.2) is 54.6 Å². The molecule has 2 aromatic carbocycles. The van der Waals surface area contributed by atoms with Crippen molar-refractivity contribution in [2.24, 2.45) is 0 Å². The largest absolute Gasteiger partial charge is 0.352 e. The molecule has 3 heteroatoms. The summed E-state index contributed by atoms with van der Waals surface area (Å²) >= 11 is 1.68. The van der Waals surface area contributed by atoms with Crippen LogP contribution in [0.2, 0.25) is 0 Å². The van der Waals surface area contributed by atoms with Gasteiger partial charge in [0.2, 0.25) is 0 Å². The molecule has 0 aliphatic rings. The normalized spacial score (nSPS) is 10.8. The number of unbranched alkanes of at least 4 members (excludes halogenated alkanes) is 1. The van der Waals surface area contributed by atoms with Gasteiger partial charge in [0.05, 0.1) is 5.56 Å². The number of fused-ring (bicyclic) bond motifs is 1. The van der Waals surface area contributed by atoms with Crippen molar-refractivity contribution in [1.82, 2.24) is 5.32 Å². The van der Waals surface area contributed by atoms with E-state index in [0.29, 0.717) is 0 Å². The fourth-order valence-electron chi connectivity index (χ4n) is 2.53. The number of hydrogen-bond acceptors (Lipinski definition) is 2. The SMILES string of the molecule is CCCCNC(=O)c1c(-c2ccccc2)sc2ccccc12. The van der Waals surface area contributed by atoms with Crippen LogP contribution in [-0.2, 0) is 0 Å². The molecule has 2 nitrogen and oxygen atoms in total. The van der Waals surface area contributed by atoms with Crippen molar-refractivity contribution in [2.45, 2.75) is 19.8 Å². The van der Waals surface area contributed by atoms with Crippen molar-refractivity contribution in [3.63, 3.8) is 0 Å². The molecular weight excluding hydrogens is 290 g/mol. The first-order chi connectivity index (χ1) is 10.8. The predicted octanol–water partition coefficient (Wildman–Crippen LogP) is 5.10. The van der Waals surface area contributed by atoms with E-state index in [1.54, 1.807) is 11.3 Å². The minimum absolute atomic E-state index is 0.0322. The van der Waals surface area contributed by atoms with Gasteiger partial charge in [0.15, 0.2) is 0 Å². The summed E-state index contributed by atoms with van der Waals surface area (Å²) in [5.74, 6) is 0.0322. The zero-order chi connectivity index (χ0) is 15.4. The van der Waals surface area contributed by atoms with Crippen LogP contribution in [-0.4, -0.2) is 12.5 Å². The molecule has 3 aromatic rings. The van der Waals surface area contributed by atoms with Gasteiger partial charge in [-0.2, -0.15) is 0 Å².